The van der Waals surface area contributed by atoms with Crippen LogP contribution in [0.1, 0.15) is 49.3 Å². The Kier molecular flexibility index (Phi) is 12.7. The number of nitrogens with zero attached hydrogens (tertiary/aromatic N) is 2. The van der Waals surface area contributed by atoms with Gasteiger partial charge in [-0.1, -0.05) is 183 Å². The van der Waals surface area contributed by atoms with Gasteiger partial charge in [0.1, 0.15) is 5.58 Å². The molecule has 0 fully saturated rings. The van der Waals surface area contributed by atoms with Crippen LogP contribution < -0.4 is 5.19 Å². The minimum Gasteiger partial charge on any atom is -0.501 e. The first-order valence-corrected chi connectivity index (χ1v) is 23.7. The molecule has 0 bridgehead atoms. The molecule has 0 N–H and O–H groups in total. The van der Waals surface area contributed by atoms with E-state index in [0.717, 1.165) is 50.0 Å². The smallest absolute Gasteiger partial charge is 0.121 e. The van der Waals surface area contributed by atoms with Crippen molar-refractivity contribution in [3.05, 3.63) is 199 Å². The Labute approximate surface area is 363 Å². The van der Waals surface area contributed by atoms with Crippen molar-refractivity contribution in [1.82, 2.24) is 9.97 Å². The van der Waals surface area contributed by atoms with Crippen LogP contribution in [0.3, 0.4) is 0 Å². The summed E-state index contributed by atoms with van der Waals surface area (Å²) in [7, 11) is -1.39. The maximum atomic E-state index is 6.41. The minimum atomic E-state index is -1.39. The third-order valence-corrected chi connectivity index (χ3v) is 13.0. The van der Waals surface area contributed by atoms with Crippen LogP contribution in [0.5, 0.6) is 0 Å². The van der Waals surface area contributed by atoms with E-state index < -0.39 is 8.07 Å². The summed E-state index contributed by atoms with van der Waals surface area (Å²) in [6, 6.07) is 61.5. The molecule has 9 rings (SSSR count). The van der Waals surface area contributed by atoms with Gasteiger partial charge >= 0.3 is 0 Å². The predicted octanol–water partition coefficient (Wildman–Crippen LogP) is 14.1. The third kappa shape index (κ3) is 9.14. The van der Waals surface area contributed by atoms with Crippen molar-refractivity contribution in [3.8, 4) is 44.8 Å². The zero-order valence-electron chi connectivity index (χ0n) is 34.5. The summed E-state index contributed by atoms with van der Waals surface area (Å²) < 4.78 is 6.41. The number of rotatable bonds is 8. The largest absolute Gasteiger partial charge is 0.501 e. The second kappa shape index (κ2) is 18.1. The first kappa shape index (κ1) is 41.4. The van der Waals surface area contributed by atoms with Gasteiger partial charge in [-0.25, -0.2) is 0 Å². The Morgan fingerprint density at radius 2 is 1.24 bits per heavy atom. The monoisotopic (exact) mass is 961 g/mol. The van der Waals surface area contributed by atoms with E-state index >= 15 is 0 Å². The van der Waals surface area contributed by atoms with Gasteiger partial charge in [-0.3, -0.25) is 0 Å². The molecule has 5 heteroatoms. The van der Waals surface area contributed by atoms with Gasteiger partial charge < -0.3 is 14.4 Å². The number of hydrogen-bond acceptors (Lipinski definition) is 3. The molecule has 3 nitrogen and oxygen atoms in total. The molecular formula is C54H48IrN2OSi-2. The molecule has 1 unspecified atom stereocenters. The maximum Gasteiger partial charge on any atom is 0.121 e. The number of furan rings is 1. The molecule has 295 valence electrons. The fourth-order valence-corrected chi connectivity index (χ4v) is 9.32. The second-order valence-corrected chi connectivity index (χ2v) is 21.3. The van der Waals surface area contributed by atoms with Crippen molar-refractivity contribution in [1.29, 1.82) is 0 Å². The van der Waals surface area contributed by atoms with E-state index in [-0.39, 0.29) is 26.0 Å². The van der Waals surface area contributed by atoms with Crippen molar-refractivity contribution in [3.63, 3.8) is 0 Å². The third-order valence-electron chi connectivity index (χ3n) is 10.9. The normalized spacial score (nSPS) is 11.8. The summed E-state index contributed by atoms with van der Waals surface area (Å²) in [5.74, 6) is 0.781. The number of benzene rings is 6. The number of hydrogen-bond donors (Lipinski definition) is 0. The van der Waals surface area contributed by atoms with E-state index in [1.165, 1.54) is 38.6 Å². The SMILES string of the molecule is CC(C)c1cc(-c2[c-]cc(-c3ccccc3)cc2)ncc1[Si](C)(C)C.CC(c1ccccc1)c1ccnc(-c2[c-]ccc3c2oc2cc(-c4ccccc4)ccc23)c1.[Ir]. The van der Waals surface area contributed by atoms with Gasteiger partial charge in [0.15, 0.2) is 0 Å². The van der Waals surface area contributed by atoms with Crippen LogP contribution in [0.4, 0.5) is 0 Å². The van der Waals surface area contributed by atoms with Crippen molar-refractivity contribution < 1.29 is 24.5 Å². The first-order chi connectivity index (χ1) is 28.1. The van der Waals surface area contributed by atoms with Crippen LogP contribution in [0.25, 0.3) is 66.7 Å². The van der Waals surface area contributed by atoms with Crippen LogP contribution in [-0.2, 0) is 20.1 Å². The Morgan fingerprint density at radius 1 is 0.576 bits per heavy atom. The molecule has 0 saturated heterocycles. The maximum absolute atomic E-state index is 6.41. The summed E-state index contributed by atoms with van der Waals surface area (Å²) in [4.78, 5) is 9.44. The van der Waals surface area contributed by atoms with E-state index in [4.69, 9.17) is 9.40 Å². The Hall–Kier alpha value is -5.71. The summed E-state index contributed by atoms with van der Waals surface area (Å²) in [6.45, 7) is 13.9. The first-order valence-electron chi connectivity index (χ1n) is 20.2. The van der Waals surface area contributed by atoms with Gasteiger partial charge in [-0.2, -0.15) is 0 Å². The molecule has 0 aliphatic rings. The molecule has 9 aromatic rings. The summed E-state index contributed by atoms with van der Waals surface area (Å²) in [5.41, 5.74) is 14.2. The topological polar surface area (TPSA) is 38.9 Å². The van der Waals surface area contributed by atoms with Gasteiger partial charge in [0.05, 0.1) is 13.7 Å². The number of pyridine rings is 2. The van der Waals surface area contributed by atoms with Crippen LogP contribution in [0, 0.1) is 12.1 Å². The quantitative estimate of drug-likeness (QED) is 0.113. The molecule has 0 aliphatic heterocycles. The van der Waals surface area contributed by atoms with Gasteiger partial charge in [-0.15, -0.1) is 48.0 Å². The Morgan fingerprint density at radius 3 is 1.88 bits per heavy atom. The number of fused-ring (bicyclic) bond motifs is 3. The van der Waals surface area contributed by atoms with E-state index in [2.05, 4.69) is 203 Å². The molecule has 6 aromatic carbocycles. The molecule has 0 spiro atoms. The molecule has 59 heavy (non-hydrogen) atoms. The molecule has 0 saturated carbocycles. The van der Waals surface area contributed by atoms with Crippen molar-refractivity contribution in [2.24, 2.45) is 0 Å². The zero-order chi connectivity index (χ0) is 40.2. The fraction of sp³-hybridized carbons (Fsp3) is 0.148. The van der Waals surface area contributed by atoms with E-state index in [1.54, 1.807) is 0 Å². The van der Waals surface area contributed by atoms with E-state index in [9.17, 15) is 0 Å². The fourth-order valence-electron chi connectivity index (χ4n) is 7.65. The average molecular weight is 961 g/mol. The predicted molar refractivity (Wildman–Crippen MR) is 246 cm³/mol. The summed E-state index contributed by atoms with van der Waals surface area (Å²) >= 11 is 0. The van der Waals surface area contributed by atoms with Crippen molar-refractivity contribution in [2.75, 3.05) is 0 Å². The van der Waals surface area contributed by atoms with Crippen LogP contribution >= 0.6 is 0 Å². The van der Waals surface area contributed by atoms with E-state index in [0.29, 0.717) is 5.92 Å². The molecule has 0 aliphatic carbocycles. The van der Waals surface area contributed by atoms with Crippen LogP contribution in [0.2, 0.25) is 19.6 Å². The molecule has 3 aromatic heterocycles. The Bertz CT molecular complexity index is 2790. The van der Waals surface area contributed by atoms with Crippen LogP contribution in [0.15, 0.2) is 175 Å². The second-order valence-electron chi connectivity index (χ2n) is 16.3. The molecule has 1 radical (unpaired) electrons. The molecule has 0 amide bonds. The van der Waals surface area contributed by atoms with Crippen molar-refractivity contribution in [2.45, 2.75) is 52.2 Å². The number of aromatic nitrogens is 2. The van der Waals surface area contributed by atoms with Gasteiger partial charge in [0.25, 0.3) is 0 Å². The zero-order valence-corrected chi connectivity index (χ0v) is 37.9. The standard InChI is InChI=1S/C31H22NO.C23H26NSi.Ir/c1-21(22-9-4-2-5-10-22)24-17-18-32-29(19-24)28-14-8-13-27-26-16-15-25(20-30(26)33-31(27)28)23-11-6-3-7-12-23;1-17(2)21-15-22(24-16-23(21)25(3,4)5)20-13-11-19(12-14-20)18-9-7-6-8-10-18;/h2-13,15-21H,1H3;6-13,15-17H,1-5H3;/q2*-1;. The Balaban J connectivity index is 0.000000183. The van der Waals surface area contributed by atoms with Gasteiger partial charge in [0, 0.05) is 43.8 Å². The summed E-state index contributed by atoms with van der Waals surface area (Å²) in [5, 5.41) is 3.66. The molecule has 3 heterocycles. The molecule has 1 atom stereocenters. The van der Waals surface area contributed by atoms with Crippen molar-refractivity contribution >= 4 is 35.2 Å². The minimum absolute atomic E-state index is 0. The van der Waals surface area contributed by atoms with Gasteiger partial charge in [-0.05, 0) is 56.9 Å². The van der Waals surface area contributed by atoms with Gasteiger partial charge in [0.2, 0.25) is 0 Å². The van der Waals surface area contributed by atoms with E-state index in [1.807, 2.05) is 24.4 Å². The van der Waals surface area contributed by atoms with Crippen LogP contribution in [-0.4, -0.2) is 18.0 Å². The molecular weight excluding hydrogens is 913 g/mol. The summed E-state index contributed by atoms with van der Waals surface area (Å²) in [6.07, 6.45) is 3.99. The average Bonchev–Trinajstić information content (AvgIpc) is 3.65.